The number of ketones is 1. The number of pyridine rings is 1. The number of nitrogens with zero attached hydrogens (tertiary/aromatic N) is 1. The Morgan fingerprint density at radius 2 is 2.15 bits per heavy atom. The van der Waals surface area contributed by atoms with Crippen LogP contribution in [0, 0.1) is 11.3 Å². The Labute approximate surface area is 153 Å². The smallest absolute Gasteiger partial charge is 0.166 e. The van der Waals surface area contributed by atoms with Gasteiger partial charge in [-0.3, -0.25) is 9.78 Å². The van der Waals surface area contributed by atoms with E-state index in [9.17, 15) is 4.79 Å². The van der Waals surface area contributed by atoms with Gasteiger partial charge in [-0.15, -0.1) is 0 Å². The third-order valence-corrected chi connectivity index (χ3v) is 4.80. The van der Waals surface area contributed by atoms with Crippen molar-refractivity contribution in [2.45, 2.75) is 19.3 Å². The van der Waals surface area contributed by atoms with Crippen LogP contribution in [0.2, 0.25) is 0 Å². The van der Waals surface area contributed by atoms with Crippen LogP contribution < -0.4 is 10.1 Å². The van der Waals surface area contributed by atoms with Crippen LogP contribution in [-0.4, -0.2) is 31.1 Å². The summed E-state index contributed by atoms with van der Waals surface area (Å²) in [6.07, 6.45) is 6.95. The molecule has 1 unspecified atom stereocenters. The zero-order valence-electron chi connectivity index (χ0n) is 15.1. The molecular formula is C21H23N3O2. The third-order valence-electron chi connectivity index (χ3n) is 4.80. The normalized spacial score (nSPS) is 16.3. The molecule has 5 nitrogen and oxygen atoms in total. The highest BCUT2D eigenvalue weighted by molar-refractivity contribution is 6.03. The lowest BCUT2D eigenvalue weighted by Crippen LogP contribution is -2.10. The molecule has 0 spiro atoms. The number of hydrogen-bond donors (Lipinski definition) is 2. The molecule has 3 rings (SSSR count). The maximum Gasteiger partial charge on any atom is 0.166 e. The Balaban J connectivity index is 1.89. The first-order chi connectivity index (χ1) is 12.7. The molecule has 0 amide bonds. The van der Waals surface area contributed by atoms with Crippen LogP contribution in [0.3, 0.4) is 0 Å². The molecule has 0 fully saturated rings. The van der Waals surface area contributed by atoms with Gasteiger partial charge in [0, 0.05) is 42.7 Å². The number of Topliss-reactive ketones (excluding diaryl/α,β-unsaturated/α-hetero) is 1. The number of benzene rings is 1. The maximum absolute atomic E-state index is 12.8. The summed E-state index contributed by atoms with van der Waals surface area (Å²) in [4.78, 5) is 17.4. The third kappa shape index (κ3) is 3.38. The fourth-order valence-corrected chi connectivity index (χ4v) is 3.51. The van der Waals surface area contributed by atoms with Crippen LogP contribution in [0.4, 0.5) is 0 Å². The summed E-state index contributed by atoms with van der Waals surface area (Å²) < 4.78 is 5.47. The molecule has 1 aromatic heterocycles. The van der Waals surface area contributed by atoms with Crippen molar-refractivity contribution in [3.8, 4) is 17.0 Å². The Morgan fingerprint density at radius 3 is 2.88 bits per heavy atom. The highest BCUT2D eigenvalue weighted by Crippen LogP contribution is 2.38. The predicted molar refractivity (Wildman–Crippen MR) is 103 cm³/mol. The van der Waals surface area contributed by atoms with Gasteiger partial charge in [-0.05, 0) is 48.6 Å². The van der Waals surface area contributed by atoms with Gasteiger partial charge in [0.2, 0.25) is 0 Å². The van der Waals surface area contributed by atoms with Gasteiger partial charge in [0.1, 0.15) is 5.75 Å². The Kier molecular flexibility index (Phi) is 5.46. The number of aromatic nitrogens is 1. The van der Waals surface area contributed by atoms with Crippen LogP contribution in [0.25, 0.3) is 11.3 Å². The molecule has 5 heteroatoms. The van der Waals surface area contributed by atoms with Crippen molar-refractivity contribution in [2.24, 2.45) is 5.92 Å². The van der Waals surface area contributed by atoms with Gasteiger partial charge < -0.3 is 15.5 Å². The monoisotopic (exact) mass is 349 g/mol. The number of nitrogens with one attached hydrogen (secondary N) is 2. The van der Waals surface area contributed by atoms with Crippen molar-refractivity contribution in [1.82, 2.24) is 10.3 Å². The number of ether oxygens (including phenoxy) is 1. The second-order valence-corrected chi connectivity index (χ2v) is 6.34. The SMILES string of the molecule is CN/C=C(\C=N)CCC1Cc2c(ccnc2-c2ccccc2OC)C1=O. The van der Waals surface area contributed by atoms with Crippen molar-refractivity contribution in [3.63, 3.8) is 0 Å². The Bertz CT molecular complexity index is 858. The minimum Gasteiger partial charge on any atom is -0.496 e. The van der Waals surface area contributed by atoms with E-state index in [4.69, 9.17) is 10.1 Å². The van der Waals surface area contributed by atoms with Gasteiger partial charge in [0.25, 0.3) is 0 Å². The molecule has 0 saturated heterocycles. The highest BCUT2D eigenvalue weighted by Gasteiger charge is 2.33. The van der Waals surface area contributed by atoms with Gasteiger partial charge in [0.15, 0.2) is 5.78 Å². The Morgan fingerprint density at radius 1 is 1.35 bits per heavy atom. The van der Waals surface area contributed by atoms with Crippen LogP contribution >= 0.6 is 0 Å². The molecule has 26 heavy (non-hydrogen) atoms. The number of rotatable bonds is 7. The largest absolute Gasteiger partial charge is 0.496 e. The minimum atomic E-state index is -0.0668. The van der Waals surface area contributed by atoms with E-state index in [2.05, 4.69) is 10.3 Å². The second-order valence-electron chi connectivity index (χ2n) is 6.34. The first kappa shape index (κ1) is 17.9. The van der Waals surface area contributed by atoms with E-state index in [1.807, 2.05) is 37.4 Å². The van der Waals surface area contributed by atoms with E-state index in [1.165, 1.54) is 6.21 Å². The van der Waals surface area contributed by atoms with Crippen LogP contribution in [-0.2, 0) is 6.42 Å². The number of allylic oxidation sites excluding steroid dienone is 1. The van der Waals surface area contributed by atoms with E-state index < -0.39 is 0 Å². The molecule has 1 aliphatic carbocycles. The zero-order chi connectivity index (χ0) is 18.5. The van der Waals surface area contributed by atoms with Crippen molar-refractivity contribution < 1.29 is 9.53 Å². The molecule has 1 atom stereocenters. The molecule has 1 aromatic carbocycles. The summed E-state index contributed by atoms with van der Waals surface area (Å²) in [7, 11) is 3.45. The van der Waals surface area contributed by atoms with E-state index >= 15 is 0 Å². The summed E-state index contributed by atoms with van der Waals surface area (Å²) in [5, 5.41) is 10.4. The molecule has 0 radical (unpaired) electrons. The van der Waals surface area contributed by atoms with Crippen molar-refractivity contribution in [1.29, 1.82) is 5.41 Å². The van der Waals surface area contributed by atoms with E-state index in [1.54, 1.807) is 19.5 Å². The van der Waals surface area contributed by atoms with E-state index in [-0.39, 0.29) is 11.7 Å². The molecule has 0 saturated carbocycles. The molecule has 2 N–H and O–H groups in total. The predicted octanol–water partition coefficient (Wildman–Crippen LogP) is 3.65. The summed E-state index contributed by atoms with van der Waals surface area (Å²) >= 11 is 0. The van der Waals surface area contributed by atoms with Gasteiger partial charge in [-0.25, -0.2) is 0 Å². The number of carbonyl (C=O) groups is 1. The van der Waals surface area contributed by atoms with E-state index in [0.29, 0.717) is 12.8 Å². The first-order valence-corrected chi connectivity index (χ1v) is 8.71. The number of fused-ring (bicyclic) bond motifs is 1. The zero-order valence-corrected chi connectivity index (χ0v) is 15.1. The quantitative estimate of drug-likeness (QED) is 0.748. The van der Waals surface area contributed by atoms with Crippen LogP contribution in [0.1, 0.15) is 28.8 Å². The van der Waals surface area contributed by atoms with E-state index in [0.717, 1.165) is 40.1 Å². The average Bonchev–Trinajstić information content (AvgIpc) is 3.01. The topological polar surface area (TPSA) is 75.1 Å². The first-order valence-electron chi connectivity index (χ1n) is 8.71. The molecule has 0 bridgehead atoms. The summed E-state index contributed by atoms with van der Waals surface area (Å²) in [5.41, 5.74) is 4.39. The molecule has 134 valence electrons. The molecule has 0 aliphatic heterocycles. The summed E-state index contributed by atoms with van der Waals surface area (Å²) in [6, 6.07) is 9.57. The average molecular weight is 349 g/mol. The molecule has 1 aliphatic rings. The standard InChI is InChI=1S/C21H23N3O2/c1-23-13-14(12-22)7-8-15-11-18-16(21(15)25)9-10-24-20(18)17-5-3-4-6-19(17)26-2/h3-6,9-10,12-13,15,22-23H,7-8,11H2,1-2H3/b14-13-,22-12?. The number of methoxy groups -OCH3 is 1. The summed E-state index contributed by atoms with van der Waals surface area (Å²) in [6.45, 7) is 0. The summed E-state index contributed by atoms with van der Waals surface area (Å²) in [5.74, 6) is 0.863. The molecular weight excluding hydrogens is 326 g/mol. The Hall–Kier alpha value is -2.95. The maximum atomic E-state index is 12.8. The van der Waals surface area contributed by atoms with Gasteiger partial charge in [-0.2, -0.15) is 0 Å². The lowest BCUT2D eigenvalue weighted by Gasteiger charge is -2.11. The van der Waals surface area contributed by atoms with Crippen molar-refractivity contribution in [3.05, 3.63) is 59.4 Å². The highest BCUT2D eigenvalue weighted by atomic mass is 16.5. The number of hydrogen-bond acceptors (Lipinski definition) is 5. The molecule has 2 aromatic rings. The molecule has 1 heterocycles. The van der Waals surface area contributed by atoms with Gasteiger partial charge in [-0.1, -0.05) is 12.1 Å². The van der Waals surface area contributed by atoms with Crippen molar-refractivity contribution >= 4 is 12.0 Å². The second kappa shape index (κ2) is 7.95. The lowest BCUT2D eigenvalue weighted by atomic mass is 9.96. The van der Waals surface area contributed by atoms with Gasteiger partial charge in [0.05, 0.1) is 12.8 Å². The fourth-order valence-electron chi connectivity index (χ4n) is 3.51. The lowest BCUT2D eigenvalue weighted by molar-refractivity contribution is 0.0931. The number of carbonyl (C=O) groups excluding carboxylic acids is 1. The van der Waals surface area contributed by atoms with Crippen LogP contribution in [0.5, 0.6) is 5.75 Å². The van der Waals surface area contributed by atoms with Crippen molar-refractivity contribution in [2.75, 3.05) is 14.2 Å². The van der Waals surface area contributed by atoms with Crippen LogP contribution in [0.15, 0.2) is 48.3 Å². The minimum absolute atomic E-state index is 0.0668. The number of para-hydroxylation sites is 1. The fraction of sp³-hybridized carbons (Fsp3) is 0.286. The van der Waals surface area contributed by atoms with Gasteiger partial charge >= 0.3 is 0 Å².